The van der Waals surface area contributed by atoms with Crippen molar-refractivity contribution in [3.8, 4) is 0 Å². The van der Waals surface area contributed by atoms with Crippen LogP contribution in [0.2, 0.25) is 5.02 Å². The van der Waals surface area contributed by atoms with Crippen LogP contribution in [0.15, 0.2) is 29.3 Å². The molecule has 1 aliphatic rings. The highest BCUT2D eigenvalue weighted by molar-refractivity contribution is 7.89. The number of hydrogen-bond acceptors (Lipinski definition) is 3. The van der Waals surface area contributed by atoms with Gasteiger partial charge in [-0.25, -0.2) is 8.42 Å². The van der Waals surface area contributed by atoms with E-state index in [0.29, 0.717) is 31.2 Å². The van der Waals surface area contributed by atoms with Crippen molar-refractivity contribution in [3.63, 3.8) is 0 Å². The van der Waals surface area contributed by atoms with Gasteiger partial charge in [-0.1, -0.05) is 11.6 Å². The van der Waals surface area contributed by atoms with Crippen LogP contribution in [0.5, 0.6) is 0 Å². The van der Waals surface area contributed by atoms with Gasteiger partial charge in [-0.2, -0.15) is 4.31 Å². The molecule has 0 unspecified atom stereocenters. The standard InChI is InChI=1S/C12H14ClN3O2S/c13-10-1-2-11-9(7-10)8-12(15-11)19(17,18)16-5-3-14-4-6-16/h1-2,7-8,14-15H,3-6H2. The number of nitrogens with zero attached hydrogens (tertiary/aromatic N) is 1. The number of rotatable bonds is 2. The maximum Gasteiger partial charge on any atom is 0.258 e. The van der Waals surface area contributed by atoms with Crippen molar-refractivity contribution in [2.45, 2.75) is 5.03 Å². The first kappa shape index (κ1) is 12.9. The van der Waals surface area contributed by atoms with Gasteiger partial charge < -0.3 is 10.3 Å². The molecule has 2 heterocycles. The average Bonchev–Trinajstić information content (AvgIpc) is 2.83. The van der Waals surface area contributed by atoms with E-state index < -0.39 is 10.0 Å². The molecular formula is C12H14ClN3O2S. The summed E-state index contributed by atoms with van der Waals surface area (Å²) in [7, 11) is -3.44. The van der Waals surface area contributed by atoms with Crippen LogP contribution in [0.4, 0.5) is 0 Å². The molecule has 5 nitrogen and oxygen atoms in total. The molecule has 0 radical (unpaired) electrons. The maximum atomic E-state index is 12.5. The average molecular weight is 300 g/mol. The predicted molar refractivity (Wildman–Crippen MR) is 74.9 cm³/mol. The SMILES string of the molecule is O=S(=O)(c1cc2cc(Cl)ccc2[nH]1)N1CCNCC1. The summed E-state index contributed by atoms with van der Waals surface area (Å²) in [5.41, 5.74) is 0.776. The lowest BCUT2D eigenvalue weighted by Gasteiger charge is -2.25. The Bertz CT molecular complexity index is 705. The van der Waals surface area contributed by atoms with E-state index in [2.05, 4.69) is 10.3 Å². The highest BCUT2D eigenvalue weighted by Crippen LogP contribution is 2.24. The van der Waals surface area contributed by atoms with Gasteiger partial charge in [0.1, 0.15) is 5.03 Å². The predicted octanol–water partition coefficient (Wildman–Crippen LogP) is 1.42. The molecule has 0 saturated carbocycles. The molecule has 2 aromatic rings. The quantitative estimate of drug-likeness (QED) is 0.881. The summed E-state index contributed by atoms with van der Waals surface area (Å²) in [6, 6.07) is 6.92. The summed E-state index contributed by atoms with van der Waals surface area (Å²) in [5.74, 6) is 0. The number of hydrogen-bond donors (Lipinski definition) is 2. The number of halogens is 1. The second-order valence-electron chi connectivity index (χ2n) is 4.52. The molecule has 0 spiro atoms. The Morgan fingerprint density at radius 1 is 1.16 bits per heavy atom. The number of fused-ring (bicyclic) bond motifs is 1. The van der Waals surface area contributed by atoms with Gasteiger partial charge in [0, 0.05) is 42.1 Å². The molecule has 0 aliphatic carbocycles. The zero-order valence-electron chi connectivity index (χ0n) is 10.2. The Kier molecular flexibility index (Phi) is 3.26. The zero-order chi connectivity index (χ0) is 13.5. The maximum absolute atomic E-state index is 12.5. The van der Waals surface area contributed by atoms with E-state index in [9.17, 15) is 8.42 Å². The van der Waals surface area contributed by atoms with Crippen LogP contribution in [0.1, 0.15) is 0 Å². The largest absolute Gasteiger partial charge is 0.345 e. The Hall–Kier alpha value is -1.08. The van der Waals surface area contributed by atoms with E-state index in [1.807, 2.05) is 0 Å². The first-order valence-corrected chi connectivity index (χ1v) is 7.88. The monoisotopic (exact) mass is 299 g/mol. The molecule has 102 valence electrons. The third-order valence-corrected chi connectivity index (χ3v) is 5.31. The minimum atomic E-state index is -3.44. The number of sulfonamides is 1. The van der Waals surface area contributed by atoms with Crippen LogP contribution < -0.4 is 5.32 Å². The van der Waals surface area contributed by atoms with Gasteiger partial charge in [-0.3, -0.25) is 0 Å². The molecule has 1 fully saturated rings. The van der Waals surface area contributed by atoms with Crippen molar-refractivity contribution < 1.29 is 8.42 Å². The minimum absolute atomic E-state index is 0.228. The van der Waals surface area contributed by atoms with Gasteiger partial charge >= 0.3 is 0 Å². The molecule has 1 aromatic carbocycles. The second-order valence-corrected chi connectivity index (χ2v) is 6.86. The van der Waals surface area contributed by atoms with Gasteiger partial charge in [0.2, 0.25) is 0 Å². The molecule has 1 saturated heterocycles. The van der Waals surface area contributed by atoms with Crippen LogP contribution in [-0.2, 0) is 10.0 Å². The minimum Gasteiger partial charge on any atom is -0.345 e. The Morgan fingerprint density at radius 3 is 2.63 bits per heavy atom. The summed E-state index contributed by atoms with van der Waals surface area (Å²) < 4.78 is 26.4. The summed E-state index contributed by atoms with van der Waals surface area (Å²) in [5, 5.41) is 4.77. The Labute approximate surface area is 116 Å². The third-order valence-electron chi connectivity index (χ3n) is 3.25. The normalized spacial score (nSPS) is 17.9. The lowest BCUT2D eigenvalue weighted by atomic mass is 10.2. The number of benzene rings is 1. The molecule has 0 bridgehead atoms. The second kappa shape index (κ2) is 4.79. The number of piperazine rings is 1. The zero-order valence-corrected chi connectivity index (χ0v) is 11.8. The van der Waals surface area contributed by atoms with E-state index in [4.69, 9.17) is 11.6 Å². The first-order valence-electron chi connectivity index (χ1n) is 6.06. The fourth-order valence-electron chi connectivity index (χ4n) is 2.24. The van der Waals surface area contributed by atoms with Crippen molar-refractivity contribution in [1.82, 2.24) is 14.6 Å². The van der Waals surface area contributed by atoms with E-state index in [1.54, 1.807) is 24.3 Å². The number of aromatic amines is 1. The Balaban J connectivity index is 2.02. The third kappa shape index (κ3) is 2.36. The molecule has 19 heavy (non-hydrogen) atoms. The van der Waals surface area contributed by atoms with Crippen LogP contribution in [0, 0.1) is 0 Å². The topological polar surface area (TPSA) is 65.2 Å². The van der Waals surface area contributed by atoms with Crippen molar-refractivity contribution in [1.29, 1.82) is 0 Å². The molecular weight excluding hydrogens is 286 g/mol. The number of aromatic nitrogens is 1. The molecule has 1 aliphatic heterocycles. The van der Waals surface area contributed by atoms with E-state index in [0.717, 1.165) is 10.9 Å². The summed E-state index contributed by atoms with van der Waals surface area (Å²) in [4.78, 5) is 2.95. The molecule has 2 N–H and O–H groups in total. The highest BCUT2D eigenvalue weighted by atomic mass is 35.5. The van der Waals surface area contributed by atoms with E-state index >= 15 is 0 Å². The fraction of sp³-hybridized carbons (Fsp3) is 0.333. The lowest BCUT2D eigenvalue weighted by Crippen LogP contribution is -2.46. The van der Waals surface area contributed by atoms with Crippen molar-refractivity contribution in [2.24, 2.45) is 0 Å². The van der Waals surface area contributed by atoms with Crippen LogP contribution in [-0.4, -0.2) is 43.9 Å². The van der Waals surface area contributed by atoms with E-state index in [1.165, 1.54) is 4.31 Å². The molecule has 0 atom stereocenters. The summed E-state index contributed by atoms with van der Waals surface area (Å²) in [6.45, 7) is 2.37. The fourth-order valence-corrected chi connectivity index (χ4v) is 3.88. The van der Waals surface area contributed by atoms with Crippen LogP contribution in [0.3, 0.4) is 0 Å². The van der Waals surface area contributed by atoms with Gasteiger partial charge in [0.05, 0.1) is 0 Å². The number of nitrogens with one attached hydrogen (secondary N) is 2. The lowest BCUT2D eigenvalue weighted by molar-refractivity contribution is 0.359. The molecule has 0 amide bonds. The number of H-pyrrole nitrogens is 1. The van der Waals surface area contributed by atoms with E-state index in [-0.39, 0.29) is 5.03 Å². The smallest absolute Gasteiger partial charge is 0.258 e. The molecule has 1 aromatic heterocycles. The summed E-state index contributed by atoms with van der Waals surface area (Å²) >= 11 is 5.91. The van der Waals surface area contributed by atoms with Crippen molar-refractivity contribution in [3.05, 3.63) is 29.3 Å². The van der Waals surface area contributed by atoms with Gasteiger partial charge in [0.15, 0.2) is 0 Å². The molecule has 3 rings (SSSR count). The van der Waals surface area contributed by atoms with Gasteiger partial charge in [0.25, 0.3) is 10.0 Å². The van der Waals surface area contributed by atoms with Crippen LogP contribution >= 0.6 is 11.6 Å². The van der Waals surface area contributed by atoms with Gasteiger partial charge in [-0.05, 0) is 24.3 Å². The first-order chi connectivity index (χ1) is 9.07. The van der Waals surface area contributed by atoms with Crippen molar-refractivity contribution >= 4 is 32.5 Å². The highest BCUT2D eigenvalue weighted by Gasteiger charge is 2.27. The van der Waals surface area contributed by atoms with Crippen LogP contribution in [0.25, 0.3) is 10.9 Å². The van der Waals surface area contributed by atoms with Crippen molar-refractivity contribution in [2.75, 3.05) is 26.2 Å². The Morgan fingerprint density at radius 2 is 1.89 bits per heavy atom. The molecule has 7 heteroatoms. The van der Waals surface area contributed by atoms with Gasteiger partial charge in [-0.15, -0.1) is 0 Å². The summed E-state index contributed by atoms with van der Waals surface area (Å²) in [6.07, 6.45) is 0.